The van der Waals surface area contributed by atoms with Crippen LogP contribution in [-0.2, 0) is 0 Å². The number of rotatable bonds is 2. The fourth-order valence-electron chi connectivity index (χ4n) is 2.53. The average Bonchev–Trinajstić information content (AvgIpc) is 2.47. The fourth-order valence-corrected chi connectivity index (χ4v) is 2.53. The lowest BCUT2D eigenvalue weighted by Gasteiger charge is -2.16. The lowest BCUT2D eigenvalue weighted by molar-refractivity contribution is 0.628. The minimum absolute atomic E-state index is 0.350. The summed E-state index contributed by atoms with van der Waals surface area (Å²) in [5, 5.41) is 0.404. The molecule has 0 saturated heterocycles. The maximum absolute atomic E-state index is 14.2. The number of fused-ring (bicyclic) bond motifs is 1. The number of hydrogen-bond donors (Lipinski definition) is 1. The maximum atomic E-state index is 14.2. The van der Waals surface area contributed by atoms with Crippen molar-refractivity contribution in [3.63, 3.8) is 0 Å². The second-order valence-corrected chi connectivity index (χ2v) is 5.02. The monoisotopic (exact) mass is 284 g/mol. The van der Waals surface area contributed by atoms with E-state index >= 15 is 0 Å². The summed E-state index contributed by atoms with van der Waals surface area (Å²) < 4.78 is 27.8. The highest BCUT2D eigenvalue weighted by Gasteiger charge is 2.17. The van der Waals surface area contributed by atoms with Gasteiger partial charge >= 0.3 is 0 Å². The van der Waals surface area contributed by atoms with Crippen molar-refractivity contribution in [1.29, 1.82) is 0 Å². The van der Waals surface area contributed by atoms with E-state index in [2.05, 4.69) is 4.98 Å². The van der Waals surface area contributed by atoms with Crippen molar-refractivity contribution in [1.82, 2.24) is 4.98 Å². The molecule has 0 amide bonds. The Morgan fingerprint density at radius 1 is 1.10 bits per heavy atom. The molecule has 2 aromatic carbocycles. The zero-order chi connectivity index (χ0) is 15.0. The molecule has 0 bridgehead atoms. The van der Waals surface area contributed by atoms with Crippen LogP contribution >= 0.6 is 0 Å². The van der Waals surface area contributed by atoms with Crippen LogP contribution in [0.2, 0.25) is 0 Å². The van der Waals surface area contributed by atoms with Gasteiger partial charge in [0.05, 0.1) is 5.52 Å². The van der Waals surface area contributed by atoms with Crippen molar-refractivity contribution >= 4 is 10.9 Å². The number of nitrogens with two attached hydrogens (primary N) is 1. The SMILES string of the molecule is CC(N)c1cc(F)c2cccnc2c1-c1cccc(F)c1. The fraction of sp³-hybridized carbons (Fsp3) is 0.118. The molecule has 0 aliphatic heterocycles. The first-order valence-corrected chi connectivity index (χ1v) is 6.66. The summed E-state index contributed by atoms with van der Waals surface area (Å²) in [5.74, 6) is -0.720. The van der Waals surface area contributed by atoms with E-state index in [0.717, 1.165) is 0 Å². The van der Waals surface area contributed by atoms with Gasteiger partial charge in [-0.25, -0.2) is 8.78 Å². The lowest BCUT2D eigenvalue weighted by Crippen LogP contribution is -2.08. The van der Waals surface area contributed by atoms with E-state index in [0.29, 0.717) is 27.6 Å². The van der Waals surface area contributed by atoms with Crippen molar-refractivity contribution in [3.8, 4) is 11.1 Å². The van der Waals surface area contributed by atoms with Crippen LogP contribution in [0.15, 0.2) is 48.7 Å². The predicted octanol–water partition coefficient (Wildman–Crippen LogP) is 4.20. The maximum Gasteiger partial charge on any atom is 0.132 e. The van der Waals surface area contributed by atoms with Crippen LogP contribution in [0.1, 0.15) is 18.5 Å². The number of pyridine rings is 1. The van der Waals surface area contributed by atoms with Gasteiger partial charge in [-0.15, -0.1) is 0 Å². The summed E-state index contributed by atoms with van der Waals surface area (Å²) in [5.41, 5.74) is 8.40. The van der Waals surface area contributed by atoms with E-state index in [4.69, 9.17) is 5.73 Å². The Balaban J connectivity index is 2.43. The van der Waals surface area contributed by atoms with Crippen LogP contribution in [0.4, 0.5) is 8.78 Å². The minimum Gasteiger partial charge on any atom is -0.324 e. The molecule has 1 heterocycles. The van der Waals surface area contributed by atoms with E-state index in [1.807, 2.05) is 0 Å². The molecule has 106 valence electrons. The minimum atomic E-state index is -0.385. The first-order chi connectivity index (χ1) is 10.1. The molecule has 1 aromatic heterocycles. The molecule has 0 radical (unpaired) electrons. The molecule has 1 atom stereocenters. The van der Waals surface area contributed by atoms with Gasteiger partial charge in [0.15, 0.2) is 0 Å². The molecule has 4 heteroatoms. The van der Waals surface area contributed by atoms with Crippen molar-refractivity contribution in [2.75, 3.05) is 0 Å². The van der Waals surface area contributed by atoms with Gasteiger partial charge in [0.1, 0.15) is 11.6 Å². The highest BCUT2D eigenvalue weighted by molar-refractivity contribution is 5.96. The standard InChI is InChI=1S/C17H14F2N2/c1-10(20)14-9-15(19)13-6-3-7-21-17(13)16(14)11-4-2-5-12(18)8-11/h2-10H,20H2,1H3. The number of hydrogen-bond acceptors (Lipinski definition) is 2. The molecule has 21 heavy (non-hydrogen) atoms. The van der Waals surface area contributed by atoms with E-state index in [9.17, 15) is 8.78 Å². The van der Waals surface area contributed by atoms with Crippen LogP contribution in [0.5, 0.6) is 0 Å². The summed E-state index contributed by atoms with van der Waals surface area (Å²) in [4.78, 5) is 4.27. The third-order valence-corrected chi connectivity index (χ3v) is 3.48. The van der Waals surface area contributed by atoms with Crippen LogP contribution in [-0.4, -0.2) is 4.98 Å². The molecule has 0 aliphatic carbocycles. The summed E-state index contributed by atoms with van der Waals surface area (Å²) in [6.45, 7) is 1.77. The van der Waals surface area contributed by atoms with Crippen molar-refractivity contribution < 1.29 is 8.78 Å². The molecule has 2 nitrogen and oxygen atoms in total. The Kier molecular flexibility index (Phi) is 3.39. The Bertz CT molecular complexity index is 813. The quantitative estimate of drug-likeness (QED) is 0.766. The van der Waals surface area contributed by atoms with E-state index in [-0.39, 0.29) is 17.7 Å². The largest absolute Gasteiger partial charge is 0.324 e. The Morgan fingerprint density at radius 3 is 2.62 bits per heavy atom. The van der Waals surface area contributed by atoms with Crippen molar-refractivity contribution in [2.24, 2.45) is 5.73 Å². The van der Waals surface area contributed by atoms with Gasteiger partial charge < -0.3 is 5.73 Å². The molecular formula is C17H14F2N2. The highest BCUT2D eigenvalue weighted by atomic mass is 19.1. The molecule has 0 saturated carbocycles. The van der Waals surface area contributed by atoms with E-state index in [1.54, 1.807) is 37.4 Å². The van der Waals surface area contributed by atoms with Gasteiger partial charge in [-0.1, -0.05) is 12.1 Å². The number of nitrogens with zero attached hydrogens (tertiary/aromatic N) is 1. The Hall–Kier alpha value is -2.33. The Morgan fingerprint density at radius 2 is 1.90 bits per heavy atom. The van der Waals surface area contributed by atoms with Gasteiger partial charge in [0, 0.05) is 23.2 Å². The van der Waals surface area contributed by atoms with Crippen LogP contribution in [0, 0.1) is 11.6 Å². The third-order valence-electron chi connectivity index (χ3n) is 3.48. The summed E-state index contributed by atoms with van der Waals surface area (Å²) in [6.07, 6.45) is 1.59. The molecule has 0 spiro atoms. The van der Waals surface area contributed by atoms with Gasteiger partial charge in [-0.2, -0.15) is 0 Å². The van der Waals surface area contributed by atoms with E-state index < -0.39 is 0 Å². The average molecular weight is 284 g/mol. The highest BCUT2D eigenvalue weighted by Crippen LogP contribution is 2.35. The molecule has 0 fully saturated rings. The molecule has 0 aliphatic rings. The molecule has 3 rings (SSSR count). The van der Waals surface area contributed by atoms with Gasteiger partial charge in [-0.3, -0.25) is 4.98 Å². The first kappa shape index (κ1) is 13.6. The summed E-state index contributed by atoms with van der Waals surface area (Å²) in [7, 11) is 0. The zero-order valence-corrected chi connectivity index (χ0v) is 11.5. The molecular weight excluding hydrogens is 270 g/mol. The number of halogens is 2. The van der Waals surface area contributed by atoms with Crippen LogP contribution < -0.4 is 5.73 Å². The Labute approximate surface area is 121 Å². The zero-order valence-electron chi connectivity index (χ0n) is 11.5. The van der Waals surface area contributed by atoms with Crippen molar-refractivity contribution in [2.45, 2.75) is 13.0 Å². The first-order valence-electron chi connectivity index (χ1n) is 6.66. The lowest BCUT2D eigenvalue weighted by atomic mass is 9.92. The van der Waals surface area contributed by atoms with Crippen LogP contribution in [0.25, 0.3) is 22.0 Å². The summed E-state index contributed by atoms with van der Waals surface area (Å²) in [6, 6.07) is 10.5. The molecule has 3 aromatic rings. The number of benzene rings is 2. The second-order valence-electron chi connectivity index (χ2n) is 5.02. The molecule has 1 unspecified atom stereocenters. The van der Waals surface area contributed by atoms with Gasteiger partial charge in [-0.05, 0) is 48.4 Å². The van der Waals surface area contributed by atoms with Crippen molar-refractivity contribution in [3.05, 3.63) is 65.9 Å². The van der Waals surface area contributed by atoms with E-state index in [1.165, 1.54) is 18.2 Å². The smallest absolute Gasteiger partial charge is 0.132 e. The van der Waals surface area contributed by atoms with Gasteiger partial charge in [0.2, 0.25) is 0 Å². The third kappa shape index (κ3) is 2.38. The number of aromatic nitrogens is 1. The topological polar surface area (TPSA) is 38.9 Å². The van der Waals surface area contributed by atoms with Gasteiger partial charge in [0.25, 0.3) is 0 Å². The molecule has 2 N–H and O–H groups in total. The normalized spacial score (nSPS) is 12.6. The summed E-state index contributed by atoms with van der Waals surface area (Å²) >= 11 is 0. The second kappa shape index (κ2) is 5.22. The van der Waals surface area contributed by atoms with Crippen LogP contribution in [0.3, 0.4) is 0 Å². The predicted molar refractivity (Wildman–Crippen MR) is 79.7 cm³/mol.